The molecule has 0 spiro atoms. The molecule has 0 saturated carbocycles. The molecular weight excluding hydrogens is 302 g/mol. The van der Waals surface area contributed by atoms with E-state index in [9.17, 15) is 9.90 Å². The van der Waals surface area contributed by atoms with Crippen LogP contribution in [0, 0.1) is 12.8 Å². The van der Waals surface area contributed by atoms with Crippen LogP contribution in [-0.4, -0.2) is 41.2 Å². The molecule has 0 unspecified atom stereocenters. The molecule has 1 fully saturated rings. The number of rotatable bonds is 5. The maximum Gasteiger partial charge on any atom is 0.348 e. The fourth-order valence-electron chi connectivity index (χ4n) is 3.73. The third-order valence-electron chi connectivity index (χ3n) is 5.35. The summed E-state index contributed by atoms with van der Waals surface area (Å²) >= 11 is 0. The molecule has 1 aliphatic carbocycles. The molecule has 1 saturated heterocycles. The van der Waals surface area contributed by atoms with Crippen molar-refractivity contribution in [3.8, 4) is 5.75 Å². The van der Waals surface area contributed by atoms with Gasteiger partial charge in [0.25, 0.3) is 0 Å². The van der Waals surface area contributed by atoms with Gasteiger partial charge in [-0.05, 0) is 43.7 Å². The number of carboxylic acids is 1. The Kier molecular flexibility index (Phi) is 5.24. The maximum atomic E-state index is 11.9. The number of benzene rings is 1. The van der Waals surface area contributed by atoms with Crippen molar-refractivity contribution in [2.45, 2.75) is 44.6 Å². The van der Waals surface area contributed by atoms with Crippen LogP contribution >= 0.6 is 0 Å². The van der Waals surface area contributed by atoms with Crippen LogP contribution in [0.5, 0.6) is 5.75 Å². The summed E-state index contributed by atoms with van der Waals surface area (Å²) in [6.07, 6.45) is 9.20. The second-order valence-electron chi connectivity index (χ2n) is 7.12. The number of carbonyl (C=O) groups is 1. The first-order valence-corrected chi connectivity index (χ1v) is 8.94. The van der Waals surface area contributed by atoms with Gasteiger partial charge in [0.2, 0.25) is 5.60 Å². The van der Waals surface area contributed by atoms with E-state index in [4.69, 9.17) is 4.74 Å². The molecule has 1 aliphatic heterocycles. The van der Waals surface area contributed by atoms with Crippen LogP contribution in [0.15, 0.2) is 36.4 Å². The summed E-state index contributed by atoms with van der Waals surface area (Å²) in [4.78, 5) is 14.3. The van der Waals surface area contributed by atoms with Crippen LogP contribution in [0.1, 0.15) is 37.7 Å². The van der Waals surface area contributed by atoms with E-state index in [0.29, 0.717) is 24.5 Å². The zero-order chi connectivity index (χ0) is 17.0. The number of hydrogen-bond donors (Lipinski definition) is 1. The second kappa shape index (κ2) is 7.39. The highest BCUT2D eigenvalue weighted by molar-refractivity contribution is 5.78. The number of aryl methyl sites for hydroxylation is 1. The van der Waals surface area contributed by atoms with E-state index in [1.165, 1.54) is 12.8 Å². The van der Waals surface area contributed by atoms with Gasteiger partial charge in [0, 0.05) is 32.5 Å². The molecule has 1 atom stereocenters. The Balaban J connectivity index is 1.63. The second-order valence-corrected chi connectivity index (χ2v) is 7.12. The van der Waals surface area contributed by atoms with E-state index in [0.717, 1.165) is 31.6 Å². The lowest BCUT2D eigenvalue weighted by Crippen LogP contribution is -2.54. The summed E-state index contributed by atoms with van der Waals surface area (Å²) in [5, 5.41) is 9.80. The fraction of sp³-hybridized carbons (Fsp3) is 0.550. The Bertz CT molecular complexity index is 603. The molecule has 24 heavy (non-hydrogen) atoms. The van der Waals surface area contributed by atoms with Crippen LogP contribution in [0.3, 0.4) is 0 Å². The molecule has 0 aromatic heterocycles. The average Bonchev–Trinajstić information content (AvgIpc) is 2.59. The third kappa shape index (κ3) is 3.81. The number of nitrogens with zero attached hydrogens (tertiary/aromatic N) is 1. The number of aliphatic carboxylic acids is 1. The maximum absolute atomic E-state index is 11.9. The number of allylic oxidation sites excluding steroid dienone is 2. The monoisotopic (exact) mass is 329 g/mol. The highest BCUT2D eigenvalue weighted by Gasteiger charge is 2.44. The molecule has 0 bridgehead atoms. The van der Waals surface area contributed by atoms with E-state index in [2.05, 4.69) is 17.1 Å². The average molecular weight is 329 g/mol. The lowest BCUT2D eigenvalue weighted by Gasteiger charge is -2.40. The molecule has 3 rings (SSSR count). The molecule has 0 radical (unpaired) electrons. The van der Waals surface area contributed by atoms with Crippen molar-refractivity contribution in [2.24, 2.45) is 5.92 Å². The van der Waals surface area contributed by atoms with Crippen molar-refractivity contribution >= 4 is 5.97 Å². The van der Waals surface area contributed by atoms with Crippen LogP contribution in [0.2, 0.25) is 0 Å². The van der Waals surface area contributed by atoms with Gasteiger partial charge < -0.3 is 14.7 Å². The third-order valence-corrected chi connectivity index (χ3v) is 5.35. The van der Waals surface area contributed by atoms with Crippen LogP contribution in [-0.2, 0) is 4.79 Å². The normalized spacial score (nSPS) is 23.8. The van der Waals surface area contributed by atoms with Gasteiger partial charge in [-0.3, -0.25) is 0 Å². The fourth-order valence-corrected chi connectivity index (χ4v) is 3.73. The van der Waals surface area contributed by atoms with E-state index in [-0.39, 0.29) is 0 Å². The number of piperidine rings is 1. The highest BCUT2D eigenvalue weighted by Crippen LogP contribution is 2.32. The van der Waals surface area contributed by atoms with Crippen LogP contribution in [0.25, 0.3) is 0 Å². The molecule has 1 heterocycles. The molecule has 0 amide bonds. The van der Waals surface area contributed by atoms with E-state index in [1.54, 1.807) is 0 Å². The molecule has 2 aliphatic rings. The Labute approximate surface area is 144 Å². The van der Waals surface area contributed by atoms with E-state index in [1.807, 2.05) is 31.2 Å². The van der Waals surface area contributed by atoms with Crippen molar-refractivity contribution in [1.82, 2.24) is 4.90 Å². The van der Waals surface area contributed by atoms with Crippen molar-refractivity contribution in [1.29, 1.82) is 0 Å². The zero-order valence-corrected chi connectivity index (χ0v) is 14.4. The van der Waals surface area contributed by atoms with Gasteiger partial charge in [-0.1, -0.05) is 30.4 Å². The first kappa shape index (κ1) is 17.0. The minimum atomic E-state index is -1.09. The Morgan fingerprint density at radius 2 is 2.04 bits per heavy atom. The predicted molar refractivity (Wildman–Crippen MR) is 94.3 cm³/mol. The minimum absolute atomic E-state index is 0.541. The van der Waals surface area contributed by atoms with Gasteiger partial charge in [0.15, 0.2) is 0 Å². The number of ether oxygens (including phenoxy) is 1. The summed E-state index contributed by atoms with van der Waals surface area (Å²) in [6, 6.07) is 7.65. The molecule has 1 N–H and O–H groups in total. The van der Waals surface area contributed by atoms with Gasteiger partial charge in [-0.25, -0.2) is 4.79 Å². The summed E-state index contributed by atoms with van der Waals surface area (Å²) in [6.45, 7) is 4.61. The van der Waals surface area contributed by atoms with Crippen molar-refractivity contribution < 1.29 is 14.6 Å². The quantitative estimate of drug-likeness (QED) is 0.838. The smallest absolute Gasteiger partial charge is 0.348 e. The lowest BCUT2D eigenvalue weighted by molar-refractivity contribution is -0.160. The van der Waals surface area contributed by atoms with Gasteiger partial charge in [0.1, 0.15) is 5.75 Å². The Morgan fingerprint density at radius 1 is 1.29 bits per heavy atom. The standard InChI is InChI=1S/C20H27NO3/c1-16-7-5-6-10-18(16)24-20(19(22)23)11-13-21(14-12-20)15-17-8-3-2-4-9-17/h2-3,5-7,10,17H,4,8-9,11-15H2,1H3,(H,22,23)/t17-/m1/s1. The molecule has 4 heteroatoms. The zero-order valence-electron chi connectivity index (χ0n) is 14.4. The Hall–Kier alpha value is -1.81. The van der Waals surface area contributed by atoms with E-state index < -0.39 is 11.6 Å². The van der Waals surface area contributed by atoms with Crippen LogP contribution < -0.4 is 4.74 Å². The largest absolute Gasteiger partial charge is 0.478 e. The number of carboxylic acid groups (broad SMARTS) is 1. The number of hydrogen-bond acceptors (Lipinski definition) is 3. The summed E-state index contributed by atoms with van der Waals surface area (Å²) in [5.41, 5.74) is -0.107. The predicted octanol–water partition coefficient (Wildman–Crippen LogP) is 3.65. The molecule has 4 nitrogen and oxygen atoms in total. The van der Waals surface area contributed by atoms with Gasteiger partial charge in [-0.2, -0.15) is 0 Å². The minimum Gasteiger partial charge on any atom is -0.478 e. The molecule has 1 aromatic carbocycles. The molecule has 1 aromatic rings. The number of para-hydroxylation sites is 1. The van der Waals surface area contributed by atoms with Crippen LogP contribution in [0.4, 0.5) is 0 Å². The highest BCUT2D eigenvalue weighted by atomic mass is 16.5. The van der Waals surface area contributed by atoms with Gasteiger partial charge >= 0.3 is 5.97 Å². The first-order valence-electron chi connectivity index (χ1n) is 8.94. The molecule has 130 valence electrons. The number of likely N-dealkylation sites (tertiary alicyclic amines) is 1. The van der Waals surface area contributed by atoms with Crippen molar-refractivity contribution in [2.75, 3.05) is 19.6 Å². The SMILES string of the molecule is Cc1ccccc1OC1(C(=O)O)CCN(C[C@@H]2CC=CCC2)CC1. The molecular formula is C20H27NO3. The van der Waals surface area contributed by atoms with Gasteiger partial charge in [0.05, 0.1) is 0 Å². The van der Waals surface area contributed by atoms with Crippen molar-refractivity contribution in [3.63, 3.8) is 0 Å². The topological polar surface area (TPSA) is 49.8 Å². The Morgan fingerprint density at radius 3 is 2.67 bits per heavy atom. The van der Waals surface area contributed by atoms with Gasteiger partial charge in [-0.15, -0.1) is 0 Å². The van der Waals surface area contributed by atoms with E-state index >= 15 is 0 Å². The first-order chi connectivity index (χ1) is 11.6. The summed E-state index contributed by atoms with van der Waals surface area (Å²) < 4.78 is 6.04. The summed E-state index contributed by atoms with van der Waals surface area (Å²) in [5.74, 6) is 0.557. The lowest BCUT2D eigenvalue weighted by atomic mass is 9.88. The summed E-state index contributed by atoms with van der Waals surface area (Å²) in [7, 11) is 0. The van der Waals surface area contributed by atoms with Crippen molar-refractivity contribution in [3.05, 3.63) is 42.0 Å².